The summed E-state index contributed by atoms with van der Waals surface area (Å²) in [5.41, 5.74) is -2.02. The molecule has 20 heavy (non-hydrogen) atoms. The van der Waals surface area contributed by atoms with E-state index in [1.54, 1.807) is 0 Å². The first-order valence-electron chi connectivity index (χ1n) is 5.08. The SMILES string of the molecule is Fc1nccc(-c2cc(Cl)c(Cl)cc2Cl)c1C(F)(F)F. The molecule has 2 rings (SSSR count). The minimum atomic E-state index is -4.91. The van der Waals surface area contributed by atoms with Gasteiger partial charge in [-0.3, -0.25) is 0 Å². The van der Waals surface area contributed by atoms with E-state index in [-0.39, 0.29) is 20.6 Å². The molecule has 0 aliphatic carbocycles. The fourth-order valence-electron chi connectivity index (χ4n) is 1.66. The molecule has 1 aromatic carbocycles. The number of halogens is 7. The molecule has 0 spiro atoms. The first-order valence-corrected chi connectivity index (χ1v) is 6.22. The zero-order valence-electron chi connectivity index (χ0n) is 9.40. The molecule has 0 saturated carbocycles. The lowest BCUT2D eigenvalue weighted by Crippen LogP contribution is -2.11. The number of alkyl halides is 3. The van der Waals surface area contributed by atoms with Gasteiger partial charge in [0.05, 0.1) is 10.0 Å². The molecule has 2 aromatic rings. The molecule has 0 saturated heterocycles. The van der Waals surface area contributed by atoms with Crippen LogP contribution in [-0.2, 0) is 6.18 Å². The highest BCUT2D eigenvalue weighted by atomic mass is 35.5. The summed E-state index contributed by atoms with van der Waals surface area (Å²) >= 11 is 17.3. The van der Waals surface area contributed by atoms with Crippen molar-refractivity contribution in [1.29, 1.82) is 0 Å². The molecule has 1 heterocycles. The highest BCUT2D eigenvalue weighted by Crippen LogP contribution is 2.42. The van der Waals surface area contributed by atoms with Crippen LogP contribution in [0.5, 0.6) is 0 Å². The van der Waals surface area contributed by atoms with Gasteiger partial charge < -0.3 is 0 Å². The Bertz CT molecular complexity index is 670. The molecule has 0 N–H and O–H groups in total. The van der Waals surface area contributed by atoms with Crippen molar-refractivity contribution >= 4 is 34.8 Å². The summed E-state index contributed by atoms with van der Waals surface area (Å²) in [6.07, 6.45) is -4.00. The van der Waals surface area contributed by atoms with Gasteiger partial charge in [0, 0.05) is 22.3 Å². The Balaban J connectivity index is 2.77. The lowest BCUT2D eigenvalue weighted by molar-refractivity contribution is -0.139. The Morgan fingerprint density at radius 1 is 0.900 bits per heavy atom. The van der Waals surface area contributed by atoms with E-state index in [1.165, 1.54) is 6.07 Å². The van der Waals surface area contributed by atoms with Crippen LogP contribution in [0.25, 0.3) is 11.1 Å². The van der Waals surface area contributed by atoms with Gasteiger partial charge in [-0.2, -0.15) is 17.6 Å². The van der Waals surface area contributed by atoms with Crippen LogP contribution in [0.3, 0.4) is 0 Å². The molecule has 0 bridgehead atoms. The highest BCUT2D eigenvalue weighted by molar-refractivity contribution is 6.44. The third-order valence-corrected chi connectivity index (χ3v) is 3.52. The summed E-state index contributed by atoms with van der Waals surface area (Å²) < 4.78 is 52.2. The Hall–Kier alpha value is -1.04. The molecular formula is C12H4Cl3F4N. The van der Waals surface area contributed by atoms with Gasteiger partial charge in [-0.25, -0.2) is 4.98 Å². The average molecular weight is 345 g/mol. The second-order valence-corrected chi connectivity index (χ2v) is 4.99. The minimum Gasteiger partial charge on any atom is -0.228 e. The van der Waals surface area contributed by atoms with Crippen molar-refractivity contribution in [2.24, 2.45) is 0 Å². The van der Waals surface area contributed by atoms with Crippen molar-refractivity contribution in [1.82, 2.24) is 4.98 Å². The number of pyridine rings is 1. The monoisotopic (exact) mass is 343 g/mol. The average Bonchev–Trinajstić information content (AvgIpc) is 2.32. The van der Waals surface area contributed by atoms with Crippen LogP contribution in [0.4, 0.5) is 17.6 Å². The Labute approximate surface area is 126 Å². The molecule has 0 radical (unpaired) electrons. The molecule has 8 heteroatoms. The van der Waals surface area contributed by atoms with E-state index >= 15 is 0 Å². The predicted octanol–water partition coefficient (Wildman–Crippen LogP) is 5.87. The summed E-state index contributed by atoms with van der Waals surface area (Å²) in [7, 11) is 0. The highest BCUT2D eigenvalue weighted by Gasteiger charge is 2.38. The fourth-order valence-corrected chi connectivity index (χ4v) is 2.31. The van der Waals surface area contributed by atoms with Gasteiger partial charge in [0.25, 0.3) is 0 Å². The number of rotatable bonds is 1. The number of nitrogens with zero attached hydrogens (tertiary/aromatic N) is 1. The lowest BCUT2D eigenvalue weighted by Gasteiger charge is -2.14. The van der Waals surface area contributed by atoms with Crippen LogP contribution in [0.1, 0.15) is 5.56 Å². The molecule has 0 aliphatic rings. The standard InChI is InChI=1S/C12H4Cl3F4N/c13-7-4-9(15)8(14)3-6(7)5-1-2-20-11(16)10(5)12(17,18)19/h1-4H. The van der Waals surface area contributed by atoms with Crippen LogP contribution >= 0.6 is 34.8 Å². The Kier molecular flexibility index (Phi) is 4.14. The molecule has 0 fully saturated rings. The van der Waals surface area contributed by atoms with Gasteiger partial charge in [0.15, 0.2) is 0 Å². The fraction of sp³-hybridized carbons (Fsp3) is 0.0833. The molecule has 106 valence electrons. The van der Waals surface area contributed by atoms with Gasteiger partial charge in [0.1, 0.15) is 5.56 Å². The maximum absolute atomic E-state index is 13.4. The Morgan fingerprint density at radius 3 is 2.10 bits per heavy atom. The van der Waals surface area contributed by atoms with Crippen molar-refractivity contribution in [2.75, 3.05) is 0 Å². The van der Waals surface area contributed by atoms with Gasteiger partial charge >= 0.3 is 6.18 Å². The van der Waals surface area contributed by atoms with Crippen molar-refractivity contribution < 1.29 is 17.6 Å². The van der Waals surface area contributed by atoms with E-state index in [9.17, 15) is 17.6 Å². The number of hydrogen-bond acceptors (Lipinski definition) is 1. The summed E-state index contributed by atoms with van der Waals surface area (Å²) in [4.78, 5) is 3.01. The molecule has 0 amide bonds. The zero-order chi connectivity index (χ0) is 15.1. The van der Waals surface area contributed by atoms with Crippen molar-refractivity contribution in [3.8, 4) is 11.1 Å². The normalized spacial score (nSPS) is 11.8. The second kappa shape index (κ2) is 5.39. The second-order valence-electron chi connectivity index (χ2n) is 3.77. The predicted molar refractivity (Wildman–Crippen MR) is 69.7 cm³/mol. The van der Waals surface area contributed by atoms with Crippen LogP contribution in [0, 0.1) is 5.95 Å². The van der Waals surface area contributed by atoms with E-state index in [1.807, 2.05) is 0 Å². The van der Waals surface area contributed by atoms with E-state index in [0.29, 0.717) is 0 Å². The van der Waals surface area contributed by atoms with Crippen LogP contribution in [0.15, 0.2) is 24.4 Å². The molecule has 1 nitrogen and oxygen atoms in total. The van der Waals surface area contributed by atoms with E-state index in [0.717, 1.165) is 18.3 Å². The summed E-state index contributed by atoms with van der Waals surface area (Å²) in [6, 6.07) is 3.35. The smallest absolute Gasteiger partial charge is 0.228 e. The van der Waals surface area contributed by atoms with E-state index in [2.05, 4.69) is 4.98 Å². The van der Waals surface area contributed by atoms with Gasteiger partial charge in [0.2, 0.25) is 5.95 Å². The third kappa shape index (κ3) is 2.85. The molecule has 0 unspecified atom stereocenters. The van der Waals surface area contributed by atoms with Gasteiger partial charge in [-0.15, -0.1) is 0 Å². The molecular weight excluding hydrogens is 340 g/mol. The van der Waals surface area contributed by atoms with Crippen molar-refractivity contribution in [3.63, 3.8) is 0 Å². The summed E-state index contributed by atoms with van der Waals surface area (Å²) in [5.74, 6) is -1.63. The quantitative estimate of drug-likeness (QED) is 0.358. The van der Waals surface area contributed by atoms with E-state index in [4.69, 9.17) is 34.8 Å². The maximum Gasteiger partial charge on any atom is 0.421 e. The minimum absolute atomic E-state index is 0.0106. The van der Waals surface area contributed by atoms with Gasteiger partial charge in [-0.05, 0) is 18.2 Å². The topological polar surface area (TPSA) is 12.9 Å². The molecule has 1 aromatic heterocycles. The summed E-state index contributed by atoms with van der Waals surface area (Å²) in [6.45, 7) is 0. The number of benzene rings is 1. The lowest BCUT2D eigenvalue weighted by atomic mass is 10.0. The number of hydrogen-bond donors (Lipinski definition) is 0. The maximum atomic E-state index is 13.4. The molecule has 0 aliphatic heterocycles. The van der Waals surface area contributed by atoms with E-state index < -0.39 is 23.3 Å². The zero-order valence-corrected chi connectivity index (χ0v) is 11.7. The third-order valence-electron chi connectivity index (χ3n) is 2.49. The summed E-state index contributed by atoms with van der Waals surface area (Å²) in [5, 5.41) is 0.0235. The first kappa shape index (κ1) is 15.4. The Morgan fingerprint density at radius 2 is 1.50 bits per heavy atom. The van der Waals surface area contributed by atoms with Crippen LogP contribution in [-0.4, -0.2) is 4.98 Å². The van der Waals surface area contributed by atoms with Crippen LogP contribution in [0.2, 0.25) is 15.1 Å². The van der Waals surface area contributed by atoms with Crippen LogP contribution < -0.4 is 0 Å². The largest absolute Gasteiger partial charge is 0.421 e. The van der Waals surface area contributed by atoms with Crippen molar-refractivity contribution in [2.45, 2.75) is 6.18 Å². The molecule has 0 atom stereocenters. The number of aromatic nitrogens is 1. The first-order chi connectivity index (χ1) is 9.21. The van der Waals surface area contributed by atoms with Crippen molar-refractivity contribution in [3.05, 3.63) is 51.0 Å². The van der Waals surface area contributed by atoms with Gasteiger partial charge in [-0.1, -0.05) is 34.8 Å².